The van der Waals surface area contributed by atoms with Crippen LogP contribution in [-0.4, -0.2) is 61.8 Å². The molecule has 0 radical (unpaired) electrons. The smallest absolute Gasteiger partial charge is 0.234 e. The molecule has 3 rings (SSSR count). The SMILES string of the molecule is O=C(CNC1CCCC1)NCC1CN2CCCC2CO1. The number of nitrogens with zero attached hydrogens (tertiary/aromatic N) is 1. The van der Waals surface area contributed by atoms with Gasteiger partial charge in [-0.15, -0.1) is 0 Å². The van der Waals surface area contributed by atoms with Crippen LogP contribution in [0.25, 0.3) is 0 Å². The van der Waals surface area contributed by atoms with Gasteiger partial charge in [0.1, 0.15) is 0 Å². The van der Waals surface area contributed by atoms with Crippen LogP contribution in [-0.2, 0) is 9.53 Å². The monoisotopic (exact) mass is 281 g/mol. The highest BCUT2D eigenvalue weighted by molar-refractivity contribution is 5.78. The van der Waals surface area contributed by atoms with Crippen LogP contribution in [0.2, 0.25) is 0 Å². The summed E-state index contributed by atoms with van der Waals surface area (Å²) in [6, 6.07) is 1.18. The van der Waals surface area contributed by atoms with Gasteiger partial charge in [0.15, 0.2) is 0 Å². The third kappa shape index (κ3) is 3.71. The van der Waals surface area contributed by atoms with E-state index in [4.69, 9.17) is 4.74 Å². The first-order chi connectivity index (χ1) is 9.81. The van der Waals surface area contributed by atoms with Crippen molar-refractivity contribution in [3.8, 4) is 0 Å². The zero-order valence-corrected chi connectivity index (χ0v) is 12.3. The predicted octanol–water partition coefficient (Wildman–Crippen LogP) is 0.498. The van der Waals surface area contributed by atoms with E-state index in [2.05, 4.69) is 15.5 Å². The predicted molar refractivity (Wildman–Crippen MR) is 77.6 cm³/mol. The fraction of sp³-hybridized carbons (Fsp3) is 0.933. The summed E-state index contributed by atoms with van der Waals surface area (Å²) in [6.45, 7) is 4.10. The molecule has 1 aliphatic carbocycles. The van der Waals surface area contributed by atoms with E-state index in [9.17, 15) is 4.79 Å². The van der Waals surface area contributed by atoms with Gasteiger partial charge in [0.2, 0.25) is 5.91 Å². The number of hydrogen-bond acceptors (Lipinski definition) is 4. The molecule has 0 bridgehead atoms. The number of morpholine rings is 1. The third-order valence-corrected chi connectivity index (χ3v) is 4.89. The Morgan fingerprint density at radius 1 is 1.20 bits per heavy atom. The van der Waals surface area contributed by atoms with Crippen LogP contribution in [0.4, 0.5) is 0 Å². The number of hydrogen-bond donors (Lipinski definition) is 2. The largest absolute Gasteiger partial charge is 0.373 e. The molecule has 0 aromatic heterocycles. The van der Waals surface area contributed by atoms with Crippen molar-refractivity contribution >= 4 is 5.91 Å². The molecule has 2 atom stereocenters. The molecule has 5 heteroatoms. The van der Waals surface area contributed by atoms with Crippen molar-refractivity contribution in [2.24, 2.45) is 0 Å². The van der Waals surface area contributed by atoms with Gasteiger partial charge >= 0.3 is 0 Å². The second-order valence-corrected chi connectivity index (χ2v) is 6.41. The minimum atomic E-state index is 0.101. The van der Waals surface area contributed by atoms with Crippen molar-refractivity contribution < 1.29 is 9.53 Å². The van der Waals surface area contributed by atoms with Crippen LogP contribution in [0, 0.1) is 0 Å². The summed E-state index contributed by atoms with van der Waals surface area (Å²) in [5, 5.41) is 6.35. The Morgan fingerprint density at radius 3 is 2.90 bits per heavy atom. The van der Waals surface area contributed by atoms with Crippen LogP contribution in [0.15, 0.2) is 0 Å². The molecule has 0 aromatic carbocycles. The van der Waals surface area contributed by atoms with Crippen LogP contribution in [0.1, 0.15) is 38.5 Å². The lowest BCUT2D eigenvalue weighted by Gasteiger charge is -2.35. The zero-order valence-electron chi connectivity index (χ0n) is 12.3. The van der Waals surface area contributed by atoms with Crippen molar-refractivity contribution in [3.63, 3.8) is 0 Å². The first-order valence-electron chi connectivity index (χ1n) is 8.17. The van der Waals surface area contributed by atoms with E-state index in [1.54, 1.807) is 0 Å². The van der Waals surface area contributed by atoms with Crippen molar-refractivity contribution in [2.45, 2.75) is 56.7 Å². The van der Waals surface area contributed by atoms with Crippen LogP contribution >= 0.6 is 0 Å². The highest BCUT2D eigenvalue weighted by atomic mass is 16.5. The first-order valence-corrected chi connectivity index (χ1v) is 8.17. The summed E-state index contributed by atoms with van der Waals surface area (Å²) in [7, 11) is 0. The van der Waals surface area contributed by atoms with Gasteiger partial charge in [-0.25, -0.2) is 0 Å². The maximum atomic E-state index is 11.8. The number of ether oxygens (including phenoxy) is 1. The fourth-order valence-corrected chi connectivity index (χ4v) is 3.67. The summed E-state index contributed by atoms with van der Waals surface area (Å²) in [5.74, 6) is 0.101. The van der Waals surface area contributed by atoms with Gasteiger partial charge in [0, 0.05) is 25.2 Å². The maximum absolute atomic E-state index is 11.8. The minimum Gasteiger partial charge on any atom is -0.373 e. The summed E-state index contributed by atoms with van der Waals surface area (Å²) in [6.07, 6.45) is 7.76. The molecule has 2 unspecified atom stereocenters. The molecule has 0 spiro atoms. The molecule has 2 aliphatic heterocycles. The van der Waals surface area contributed by atoms with Gasteiger partial charge in [0.25, 0.3) is 0 Å². The van der Waals surface area contributed by atoms with E-state index in [-0.39, 0.29) is 12.0 Å². The second kappa shape index (κ2) is 6.87. The summed E-state index contributed by atoms with van der Waals surface area (Å²) < 4.78 is 5.84. The summed E-state index contributed by atoms with van der Waals surface area (Å²) in [5.41, 5.74) is 0. The van der Waals surface area contributed by atoms with E-state index in [0.29, 0.717) is 25.2 Å². The molecule has 0 aromatic rings. The molecule has 1 amide bonds. The van der Waals surface area contributed by atoms with Crippen LogP contribution < -0.4 is 10.6 Å². The van der Waals surface area contributed by atoms with Crippen molar-refractivity contribution in [2.75, 3.05) is 32.8 Å². The highest BCUT2D eigenvalue weighted by Gasteiger charge is 2.32. The lowest BCUT2D eigenvalue weighted by molar-refractivity contribution is -0.121. The van der Waals surface area contributed by atoms with E-state index in [1.165, 1.54) is 45.1 Å². The van der Waals surface area contributed by atoms with Gasteiger partial charge in [-0.2, -0.15) is 0 Å². The quantitative estimate of drug-likeness (QED) is 0.770. The Kier molecular flexibility index (Phi) is 4.91. The van der Waals surface area contributed by atoms with Gasteiger partial charge in [-0.05, 0) is 32.2 Å². The number of carbonyl (C=O) groups is 1. The Morgan fingerprint density at radius 2 is 2.05 bits per heavy atom. The maximum Gasteiger partial charge on any atom is 0.234 e. The highest BCUT2D eigenvalue weighted by Crippen LogP contribution is 2.22. The zero-order chi connectivity index (χ0) is 13.8. The van der Waals surface area contributed by atoms with Crippen molar-refractivity contribution in [1.29, 1.82) is 0 Å². The van der Waals surface area contributed by atoms with Crippen LogP contribution in [0.5, 0.6) is 0 Å². The van der Waals surface area contributed by atoms with Crippen molar-refractivity contribution in [3.05, 3.63) is 0 Å². The number of fused-ring (bicyclic) bond motifs is 1. The number of amides is 1. The Labute approximate surface area is 121 Å². The molecule has 5 nitrogen and oxygen atoms in total. The molecular weight excluding hydrogens is 254 g/mol. The molecule has 114 valence electrons. The van der Waals surface area contributed by atoms with E-state index in [0.717, 1.165) is 13.2 Å². The minimum absolute atomic E-state index is 0.101. The number of rotatable bonds is 5. The average molecular weight is 281 g/mol. The standard InChI is InChI=1S/C15H27N3O2/c19-15(9-16-12-4-1-2-5-12)17-8-14-10-18-7-3-6-13(18)11-20-14/h12-14,16H,1-11H2,(H,17,19). The lowest BCUT2D eigenvalue weighted by atomic mass is 10.2. The number of carbonyl (C=O) groups excluding carboxylic acids is 1. The normalized spacial score (nSPS) is 31.4. The third-order valence-electron chi connectivity index (χ3n) is 4.89. The van der Waals surface area contributed by atoms with E-state index >= 15 is 0 Å². The molecular formula is C15H27N3O2. The van der Waals surface area contributed by atoms with Gasteiger partial charge in [-0.1, -0.05) is 12.8 Å². The fourth-order valence-electron chi connectivity index (χ4n) is 3.67. The Balaban J connectivity index is 1.31. The molecule has 2 N–H and O–H groups in total. The van der Waals surface area contributed by atoms with E-state index in [1.807, 2.05) is 0 Å². The molecule has 20 heavy (non-hydrogen) atoms. The molecule has 2 heterocycles. The molecule has 2 saturated heterocycles. The Bertz CT molecular complexity index is 331. The first kappa shape index (κ1) is 14.3. The molecule has 3 fully saturated rings. The average Bonchev–Trinajstić information content (AvgIpc) is 3.13. The summed E-state index contributed by atoms with van der Waals surface area (Å²) in [4.78, 5) is 14.3. The number of nitrogens with one attached hydrogen (secondary N) is 2. The lowest BCUT2D eigenvalue weighted by Crippen LogP contribution is -2.51. The summed E-state index contributed by atoms with van der Waals surface area (Å²) >= 11 is 0. The van der Waals surface area contributed by atoms with Crippen molar-refractivity contribution in [1.82, 2.24) is 15.5 Å². The van der Waals surface area contributed by atoms with Gasteiger partial charge in [0.05, 0.1) is 19.3 Å². The Hall–Kier alpha value is -0.650. The molecule has 3 aliphatic rings. The van der Waals surface area contributed by atoms with E-state index < -0.39 is 0 Å². The molecule has 1 saturated carbocycles. The second-order valence-electron chi connectivity index (χ2n) is 6.41. The topological polar surface area (TPSA) is 53.6 Å². The van der Waals surface area contributed by atoms with Gasteiger partial charge in [-0.3, -0.25) is 9.69 Å². The van der Waals surface area contributed by atoms with Gasteiger partial charge < -0.3 is 15.4 Å². The van der Waals surface area contributed by atoms with Crippen LogP contribution in [0.3, 0.4) is 0 Å².